The summed E-state index contributed by atoms with van der Waals surface area (Å²) in [6, 6.07) is 36.5. The Morgan fingerprint density at radius 1 is 0.536 bits per heavy atom. The Morgan fingerprint density at radius 3 is 1.79 bits per heavy atom. The average Bonchev–Trinajstić information content (AvgIpc) is 3.14. The fourth-order valence-electron chi connectivity index (χ4n) is 3.95. The van der Waals surface area contributed by atoms with Crippen LogP contribution in [-0.4, -0.2) is 4.98 Å². The van der Waals surface area contributed by atoms with Crippen LogP contribution in [0.4, 0.5) is 5.69 Å². The van der Waals surface area contributed by atoms with Gasteiger partial charge in [-0.05, 0) is 23.3 Å². The largest absolute Gasteiger partial charge is 0.361 e. The van der Waals surface area contributed by atoms with Gasteiger partial charge in [0.25, 0.3) is 0 Å². The van der Waals surface area contributed by atoms with Crippen molar-refractivity contribution in [2.45, 2.75) is 13.1 Å². The number of rotatable bonds is 5. The van der Waals surface area contributed by atoms with Crippen molar-refractivity contribution in [3.63, 3.8) is 0 Å². The molecule has 4 aromatic carbocycles. The fourth-order valence-corrected chi connectivity index (χ4v) is 3.95. The van der Waals surface area contributed by atoms with Crippen LogP contribution in [0.3, 0.4) is 0 Å². The SMILES string of the molecule is c1ccc(CN(Cc2ccccc2)c2cccc3c2[nH]c2ccccc23)cc1. The zero-order chi connectivity index (χ0) is 18.8. The van der Waals surface area contributed by atoms with Crippen molar-refractivity contribution >= 4 is 27.5 Å². The number of nitrogens with zero attached hydrogens (tertiary/aromatic N) is 1. The summed E-state index contributed by atoms with van der Waals surface area (Å²) in [6.45, 7) is 1.73. The van der Waals surface area contributed by atoms with Crippen molar-refractivity contribution in [1.29, 1.82) is 0 Å². The number of H-pyrrole nitrogens is 1. The van der Waals surface area contributed by atoms with Gasteiger partial charge in [-0.15, -0.1) is 0 Å². The summed E-state index contributed by atoms with van der Waals surface area (Å²) >= 11 is 0. The van der Waals surface area contributed by atoms with Gasteiger partial charge < -0.3 is 9.88 Å². The molecular formula is C26H22N2. The Kier molecular flexibility index (Phi) is 4.30. The first-order valence-corrected chi connectivity index (χ1v) is 9.71. The summed E-state index contributed by atoms with van der Waals surface area (Å²) in [6.07, 6.45) is 0. The van der Waals surface area contributed by atoms with Gasteiger partial charge in [-0.25, -0.2) is 0 Å². The zero-order valence-electron chi connectivity index (χ0n) is 15.7. The molecular weight excluding hydrogens is 340 g/mol. The van der Waals surface area contributed by atoms with Gasteiger partial charge in [0, 0.05) is 29.4 Å². The summed E-state index contributed by atoms with van der Waals surface area (Å²) in [7, 11) is 0. The van der Waals surface area contributed by atoms with E-state index in [0.29, 0.717) is 0 Å². The smallest absolute Gasteiger partial charge is 0.0702 e. The van der Waals surface area contributed by atoms with E-state index in [4.69, 9.17) is 0 Å². The molecule has 5 rings (SSSR count). The third kappa shape index (κ3) is 3.14. The van der Waals surface area contributed by atoms with Crippen LogP contribution < -0.4 is 4.90 Å². The molecule has 1 aromatic heterocycles. The summed E-state index contributed by atoms with van der Waals surface area (Å²) in [4.78, 5) is 6.12. The van der Waals surface area contributed by atoms with Gasteiger partial charge in [-0.1, -0.05) is 91.0 Å². The maximum atomic E-state index is 3.66. The van der Waals surface area contributed by atoms with E-state index in [0.717, 1.165) is 13.1 Å². The Bertz CT molecular complexity index is 1170. The Morgan fingerprint density at radius 2 is 1.11 bits per heavy atom. The lowest BCUT2D eigenvalue weighted by Gasteiger charge is -2.26. The normalized spacial score (nSPS) is 11.1. The van der Waals surface area contributed by atoms with Crippen molar-refractivity contribution < 1.29 is 0 Å². The topological polar surface area (TPSA) is 19.0 Å². The summed E-state index contributed by atoms with van der Waals surface area (Å²) in [5, 5.41) is 2.55. The summed E-state index contributed by atoms with van der Waals surface area (Å²) < 4.78 is 0. The monoisotopic (exact) mass is 362 g/mol. The molecule has 0 saturated carbocycles. The van der Waals surface area contributed by atoms with Crippen molar-refractivity contribution in [1.82, 2.24) is 4.98 Å². The highest BCUT2D eigenvalue weighted by Crippen LogP contribution is 2.33. The third-order valence-electron chi connectivity index (χ3n) is 5.29. The molecule has 28 heavy (non-hydrogen) atoms. The predicted octanol–water partition coefficient (Wildman–Crippen LogP) is 6.53. The molecule has 0 atom stereocenters. The van der Waals surface area contributed by atoms with E-state index < -0.39 is 0 Å². The number of para-hydroxylation sites is 2. The molecule has 0 aliphatic heterocycles. The number of fused-ring (bicyclic) bond motifs is 3. The van der Waals surface area contributed by atoms with E-state index in [1.165, 1.54) is 38.6 Å². The van der Waals surface area contributed by atoms with Crippen molar-refractivity contribution in [2.24, 2.45) is 0 Å². The summed E-state index contributed by atoms with van der Waals surface area (Å²) in [5.74, 6) is 0. The molecule has 2 nitrogen and oxygen atoms in total. The van der Waals surface area contributed by atoms with Crippen molar-refractivity contribution in [3.05, 3.63) is 114 Å². The van der Waals surface area contributed by atoms with Crippen LogP contribution in [0.25, 0.3) is 21.8 Å². The van der Waals surface area contributed by atoms with Gasteiger partial charge in [-0.2, -0.15) is 0 Å². The van der Waals surface area contributed by atoms with E-state index in [-0.39, 0.29) is 0 Å². The molecule has 0 unspecified atom stereocenters. The van der Waals surface area contributed by atoms with Gasteiger partial charge >= 0.3 is 0 Å². The zero-order valence-corrected chi connectivity index (χ0v) is 15.7. The Balaban J connectivity index is 1.63. The molecule has 5 aromatic rings. The fraction of sp³-hybridized carbons (Fsp3) is 0.0769. The number of hydrogen-bond acceptors (Lipinski definition) is 1. The molecule has 0 bridgehead atoms. The van der Waals surface area contributed by atoms with E-state index in [1.807, 2.05) is 0 Å². The Hall–Kier alpha value is -3.52. The van der Waals surface area contributed by atoms with Crippen LogP contribution in [0.5, 0.6) is 0 Å². The van der Waals surface area contributed by atoms with Crippen LogP contribution in [-0.2, 0) is 13.1 Å². The number of aromatic nitrogens is 1. The highest BCUT2D eigenvalue weighted by molar-refractivity contribution is 6.11. The molecule has 2 heteroatoms. The highest BCUT2D eigenvalue weighted by atomic mass is 15.1. The Labute approximate surface area is 165 Å². The lowest BCUT2D eigenvalue weighted by molar-refractivity contribution is 0.803. The van der Waals surface area contributed by atoms with Gasteiger partial charge in [0.15, 0.2) is 0 Å². The first kappa shape index (κ1) is 16.6. The second-order valence-corrected chi connectivity index (χ2v) is 7.20. The van der Waals surface area contributed by atoms with Gasteiger partial charge in [0.2, 0.25) is 0 Å². The van der Waals surface area contributed by atoms with E-state index in [1.54, 1.807) is 0 Å². The van der Waals surface area contributed by atoms with Crippen molar-refractivity contribution in [2.75, 3.05) is 4.90 Å². The molecule has 0 aliphatic carbocycles. The molecule has 0 aliphatic rings. The minimum atomic E-state index is 0.865. The minimum Gasteiger partial charge on any atom is -0.361 e. The summed E-state index contributed by atoms with van der Waals surface area (Å²) in [5.41, 5.74) is 6.25. The standard InChI is InChI=1S/C26H22N2/c1-3-10-20(11-4-1)18-28(19-21-12-5-2-6-13-21)25-17-9-15-23-22-14-7-8-16-24(22)27-26(23)25/h1-17,27H,18-19H2. The van der Waals surface area contributed by atoms with Crippen molar-refractivity contribution in [3.8, 4) is 0 Å². The van der Waals surface area contributed by atoms with E-state index in [2.05, 4.69) is 113 Å². The minimum absolute atomic E-state index is 0.865. The molecule has 0 spiro atoms. The molecule has 0 fully saturated rings. The second-order valence-electron chi connectivity index (χ2n) is 7.20. The molecule has 0 amide bonds. The van der Waals surface area contributed by atoms with Crippen LogP contribution in [0.1, 0.15) is 11.1 Å². The molecule has 136 valence electrons. The quantitative estimate of drug-likeness (QED) is 0.377. The number of benzene rings is 4. The number of nitrogens with one attached hydrogen (secondary N) is 1. The van der Waals surface area contributed by atoms with Crippen LogP contribution in [0, 0.1) is 0 Å². The van der Waals surface area contributed by atoms with Gasteiger partial charge in [-0.3, -0.25) is 0 Å². The molecule has 1 N–H and O–H groups in total. The predicted molar refractivity (Wildman–Crippen MR) is 119 cm³/mol. The van der Waals surface area contributed by atoms with Gasteiger partial charge in [0.05, 0.1) is 11.2 Å². The van der Waals surface area contributed by atoms with Crippen LogP contribution in [0.2, 0.25) is 0 Å². The second kappa shape index (κ2) is 7.24. The molecule has 1 heterocycles. The third-order valence-corrected chi connectivity index (χ3v) is 5.29. The molecule has 0 saturated heterocycles. The number of aromatic amines is 1. The maximum Gasteiger partial charge on any atom is 0.0702 e. The average molecular weight is 362 g/mol. The molecule has 0 radical (unpaired) electrons. The van der Waals surface area contributed by atoms with Crippen LogP contribution >= 0.6 is 0 Å². The number of hydrogen-bond donors (Lipinski definition) is 1. The lowest BCUT2D eigenvalue weighted by atomic mass is 10.1. The maximum absolute atomic E-state index is 3.66. The van der Waals surface area contributed by atoms with E-state index >= 15 is 0 Å². The lowest BCUT2D eigenvalue weighted by Crippen LogP contribution is -2.22. The first-order valence-electron chi connectivity index (χ1n) is 9.71. The van der Waals surface area contributed by atoms with E-state index in [9.17, 15) is 0 Å². The van der Waals surface area contributed by atoms with Crippen LogP contribution in [0.15, 0.2) is 103 Å². The number of anilines is 1. The van der Waals surface area contributed by atoms with Gasteiger partial charge in [0.1, 0.15) is 0 Å². The first-order chi connectivity index (χ1) is 13.9. The highest BCUT2D eigenvalue weighted by Gasteiger charge is 2.14.